The van der Waals surface area contributed by atoms with Crippen LogP contribution >= 0.6 is 0 Å². The van der Waals surface area contributed by atoms with E-state index in [4.69, 9.17) is 10.5 Å². The summed E-state index contributed by atoms with van der Waals surface area (Å²) in [6.45, 7) is 2.49. The molecule has 0 spiro atoms. The van der Waals surface area contributed by atoms with Crippen LogP contribution in [0.5, 0.6) is 5.75 Å². The van der Waals surface area contributed by atoms with Crippen molar-refractivity contribution in [2.24, 2.45) is 0 Å². The molecule has 7 heteroatoms. The summed E-state index contributed by atoms with van der Waals surface area (Å²) in [4.78, 5) is 16.1. The van der Waals surface area contributed by atoms with Crippen LogP contribution in [0.1, 0.15) is 6.92 Å². The molecule has 3 heterocycles. The average Bonchev–Trinajstić information content (AvgIpc) is 3.07. The number of anilines is 3. The Morgan fingerprint density at radius 3 is 2.77 bits per heavy atom. The van der Waals surface area contributed by atoms with E-state index in [2.05, 4.69) is 25.3 Å². The van der Waals surface area contributed by atoms with E-state index in [1.54, 1.807) is 6.20 Å². The third-order valence-corrected chi connectivity index (χ3v) is 3.90. The number of hydrogen-bond acceptors (Lipinski definition) is 6. The van der Waals surface area contributed by atoms with E-state index in [-0.39, 0.29) is 5.95 Å². The number of H-pyrrole nitrogens is 1. The second-order valence-electron chi connectivity index (χ2n) is 5.66. The highest BCUT2D eigenvalue weighted by molar-refractivity contribution is 5.98. The third-order valence-electron chi connectivity index (χ3n) is 3.90. The van der Waals surface area contributed by atoms with Gasteiger partial charge in [-0.2, -0.15) is 0 Å². The minimum Gasteiger partial charge on any atom is -0.493 e. The van der Waals surface area contributed by atoms with Crippen molar-refractivity contribution in [3.63, 3.8) is 0 Å². The first-order valence-electron chi connectivity index (χ1n) is 8.30. The molecule has 0 aliphatic rings. The molecular weight excluding hydrogens is 328 g/mol. The van der Waals surface area contributed by atoms with Gasteiger partial charge in [0.15, 0.2) is 0 Å². The fourth-order valence-corrected chi connectivity index (χ4v) is 2.83. The zero-order valence-electron chi connectivity index (χ0n) is 14.2. The van der Waals surface area contributed by atoms with Crippen molar-refractivity contribution < 1.29 is 4.74 Å². The molecular formula is C19H18N6O. The van der Waals surface area contributed by atoms with Crippen molar-refractivity contribution in [1.29, 1.82) is 0 Å². The molecule has 4 aromatic rings. The maximum Gasteiger partial charge on any atom is 0.220 e. The minimum absolute atomic E-state index is 0.227. The van der Waals surface area contributed by atoms with Crippen LogP contribution in [0.4, 0.5) is 17.5 Å². The lowest BCUT2D eigenvalue weighted by Crippen LogP contribution is -1.99. The number of benzene rings is 1. The monoisotopic (exact) mass is 346 g/mol. The lowest BCUT2D eigenvalue weighted by molar-refractivity contribution is 0.344. The van der Waals surface area contributed by atoms with E-state index < -0.39 is 0 Å². The van der Waals surface area contributed by atoms with E-state index in [0.717, 1.165) is 28.1 Å². The number of hydrogen-bond donors (Lipinski definition) is 3. The van der Waals surface area contributed by atoms with Crippen molar-refractivity contribution in [2.75, 3.05) is 17.7 Å². The van der Waals surface area contributed by atoms with E-state index in [9.17, 15) is 0 Å². The van der Waals surface area contributed by atoms with Crippen molar-refractivity contribution in [1.82, 2.24) is 19.9 Å². The largest absolute Gasteiger partial charge is 0.493 e. The molecule has 0 atom stereocenters. The first-order valence-corrected chi connectivity index (χ1v) is 8.30. The van der Waals surface area contributed by atoms with Crippen molar-refractivity contribution in [3.8, 4) is 17.0 Å². The molecule has 7 nitrogen and oxygen atoms in total. The average molecular weight is 346 g/mol. The summed E-state index contributed by atoms with van der Waals surface area (Å²) in [7, 11) is 0. The van der Waals surface area contributed by atoms with Crippen LogP contribution in [0.2, 0.25) is 0 Å². The Hall–Kier alpha value is -3.61. The molecule has 4 rings (SSSR count). The highest BCUT2D eigenvalue weighted by Gasteiger charge is 2.16. The molecule has 3 aromatic heterocycles. The number of nitrogens with one attached hydrogen (secondary N) is 2. The number of ether oxygens (including phenoxy) is 1. The van der Waals surface area contributed by atoms with Gasteiger partial charge in [0.05, 0.1) is 17.7 Å². The Morgan fingerprint density at radius 1 is 1.15 bits per heavy atom. The highest BCUT2D eigenvalue weighted by Crippen LogP contribution is 2.36. The van der Waals surface area contributed by atoms with Gasteiger partial charge >= 0.3 is 0 Å². The Kier molecular flexibility index (Phi) is 4.10. The topological polar surface area (TPSA) is 102 Å². The molecule has 0 bridgehead atoms. The molecule has 26 heavy (non-hydrogen) atoms. The van der Waals surface area contributed by atoms with E-state index in [1.165, 1.54) is 0 Å². The lowest BCUT2D eigenvalue weighted by Gasteiger charge is -2.11. The van der Waals surface area contributed by atoms with Gasteiger partial charge in [-0.25, -0.2) is 15.0 Å². The van der Waals surface area contributed by atoms with Gasteiger partial charge in [0.1, 0.15) is 17.2 Å². The second kappa shape index (κ2) is 6.72. The summed E-state index contributed by atoms with van der Waals surface area (Å²) in [6.07, 6.45) is 3.49. The van der Waals surface area contributed by atoms with Gasteiger partial charge in [-0.15, -0.1) is 0 Å². The number of aromatic amines is 1. The van der Waals surface area contributed by atoms with E-state index in [1.807, 2.05) is 55.6 Å². The minimum atomic E-state index is 0.227. The number of rotatable bonds is 5. The number of nitrogen functional groups attached to an aromatic ring is 1. The zero-order valence-corrected chi connectivity index (χ0v) is 14.2. The molecule has 130 valence electrons. The van der Waals surface area contributed by atoms with Gasteiger partial charge < -0.3 is 20.8 Å². The normalized spacial score (nSPS) is 10.8. The van der Waals surface area contributed by atoms with Crippen LogP contribution in [0.15, 0.2) is 54.9 Å². The van der Waals surface area contributed by atoms with Gasteiger partial charge in [0.2, 0.25) is 5.95 Å². The third kappa shape index (κ3) is 3.02. The molecule has 0 fully saturated rings. The van der Waals surface area contributed by atoms with Crippen molar-refractivity contribution >= 4 is 28.5 Å². The molecule has 0 aliphatic carbocycles. The molecule has 0 saturated heterocycles. The van der Waals surface area contributed by atoms with Crippen molar-refractivity contribution in [3.05, 3.63) is 54.9 Å². The van der Waals surface area contributed by atoms with Gasteiger partial charge in [0.25, 0.3) is 0 Å². The van der Waals surface area contributed by atoms with E-state index >= 15 is 0 Å². The lowest BCUT2D eigenvalue weighted by atomic mass is 10.1. The summed E-state index contributed by atoms with van der Waals surface area (Å²) in [5.41, 5.74) is 8.98. The number of pyridine rings is 1. The van der Waals surface area contributed by atoms with Crippen LogP contribution in [0.3, 0.4) is 0 Å². The van der Waals surface area contributed by atoms with Gasteiger partial charge in [-0.05, 0) is 25.1 Å². The number of nitrogens with two attached hydrogens (primary N) is 1. The maximum absolute atomic E-state index is 5.87. The standard InChI is InChI=1S/C19H18N6O/c1-2-26-15-10-16(23-12-6-4-3-5-7-12)25-18-17(15)13(11-22-18)14-8-9-21-19(20)24-14/h3-11H,2H2,1H3,(H2,20,21,24)(H2,22,23,25). The molecule has 4 N–H and O–H groups in total. The Labute approximate surface area is 150 Å². The van der Waals surface area contributed by atoms with Crippen LogP contribution in [0, 0.1) is 0 Å². The Morgan fingerprint density at radius 2 is 2.00 bits per heavy atom. The Balaban J connectivity index is 1.82. The fourth-order valence-electron chi connectivity index (χ4n) is 2.83. The number of fused-ring (bicyclic) bond motifs is 1. The summed E-state index contributed by atoms with van der Waals surface area (Å²) in [6, 6.07) is 13.6. The Bertz CT molecular complexity index is 1040. The summed E-state index contributed by atoms with van der Waals surface area (Å²) >= 11 is 0. The molecule has 1 aromatic carbocycles. The predicted molar refractivity (Wildman–Crippen MR) is 102 cm³/mol. The predicted octanol–water partition coefficient (Wildman–Crippen LogP) is 3.74. The SMILES string of the molecule is CCOc1cc(Nc2ccccc2)nc2[nH]cc(-c3ccnc(N)n3)c12. The van der Waals surface area contributed by atoms with Crippen LogP contribution < -0.4 is 15.8 Å². The molecule has 0 unspecified atom stereocenters. The molecule has 0 saturated carbocycles. The number of para-hydroxylation sites is 1. The van der Waals surface area contributed by atoms with Crippen LogP contribution in [0.25, 0.3) is 22.3 Å². The molecule has 0 aliphatic heterocycles. The first-order chi connectivity index (χ1) is 12.7. The number of aromatic nitrogens is 4. The van der Waals surface area contributed by atoms with Gasteiger partial charge in [-0.1, -0.05) is 18.2 Å². The van der Waals surface area contributed by atoms with Crippen LogP contribution in [-0.2, 0) is 0 Å². The second-order valence-corrected chi connectivity index (χ2v) is 5.66. The van der Waals surface area contributed by atoms with E-state index in [0.29, 0.717) is 18.1 Å². The first kappa shape index (κ1) is 15.9. The summed E-state index contributed by atoms with van der Waals surface area (Å²) in [5.74, 6) is 1.65. The smallest absolute Gasteiger partial charge is 0.220 e. The summed E-state index contributed by atoms with van der Waals surface area (Å²) < 4.78 is 5.87. The highest BCUT2D eigenvalue weighted by atomic mass is 16.5. The van der Waals surface area contributed by atoms with Crippen molar-refractivity contribution in [2.45, 2.75) is 6.92 Å². The van der Waals surface area contributed by atoms with Gasteiger partial charge in [-0.3, -0.25) is 0 Å². The summed E-state index contributed by atoms with van der Waals surface area (Å²) in [5, 5.41) is 4.16. The van der Waals surface area contributed by atoms with Crippen LogP contribution in [-0.4, -0.2) is 26.5 Å². The van der Waals surface area contributed by atoms with Gasteiger partial charge in [0, 0.05) is 29.7 Å². The zero-order chi connectivity index (χ0) is 17.9. The molecule has 0 amide bonds. The maximum atomic E-state index is 5.87. The quantitative estimate of drug-likeness (QED) is 0.509. The fraction of sp³-hybridized carbons (Fsp3) is 0.105. The number of nitrogens with zero attached hydrogens (tertiary/aromatic N) is 3. The molecule has 0 radical (unpaired) electrons.